The lowest BCUT2D eigenvalue weighted by atomic mass is 9.96. The molecule has 0 saturated carbocycles. The highest BCUT2D eigenvalue weighted by Crippen LogP contribution is 2.34. The predicted octanol–water partition coefficient (Wildman–Crippen LogP) is 2.92. The van der Waals surface area contributed by atoms with Crippen LogP contribution in [0.2, 0.25) is 0 Å². The molecule has 0 bridgehead atoms. The quantitative estimate of drug-likeness (QED) is 0.897. The third-order valence-corrected chi connectivity index (χ3v) is 3.27. The van der Waals surface area contributed by atoms with Gasteiger partial charge in [-0.1, -0.05) is 0 Å². The zero-order chi connectivity index (χ0) is 13.1. The molecule has 0 radical (unpaired) electrons. The van der Waals surface area contributed by atoms with Gasteiger partial charge >= 0.3 is 0 Å². The van der Waals surface area contributed by atoms with Crippen molar-refractivity contribution in [1.82, 2.24) is 5.32 Å². The predicted molar refractivity (Wildman–Crippen MR) is 62.6 cm³/mol. The fourth-order valence-corrected chi connectivity index (χ4v) is 2.44. The minimum Gasteiger partial charge on any atom is -0.496 e. The fraction of sp³-hybridized carbons (Fsp3) is 0.538. The van der Waals surface area contributed by atoms with Crippen LogP contribution < -0.4 is 10.1 Å². The summed E-state index contributed by atoms with van der Waals surface area (Å²) in [5.74, 6) is -0.156. The lowest BCUT2D eigenvalue weighted by molar-refractivity contribution is 0.146. The van der Waals surface area contributed by atoms with Gasteiger partial charge in [0, 0.05) is 0 Å². The molecular weight excluding hydrogens is 243 g/mol. The molecule has 0 spiro atoms. The molecular formula is C13H16F3NO. The maximum atomic E-state index is 13.4. The van der Waals surface area contributed by atoms with Gasteiger partial charge in [0.25, 0.3) is 6.43 Å². The maximum Gasteiger partial charge on any atom is 0.267 e. The van der Waals surface area contributed by atoms with Crippen molar-refractivity contribution in [2.24, 2.45) is 5.92 Å². The van der Waals surface area contributed by atoms with Gasteiger partial charge < -0.3 is 10.1 Å². The number of benzene rings is 1. The number of methoxy groups -OCH3 is 1. The average molecular weight is 259 g/mol. The summed E-state index contributed by atoms with van der Waals surface area (Å²) < 4.78 is 44.1. The Morgan fingerprint density at radius 3 is 2.78 bits per heavy atom. The maximum absolute atomic E-state index is 13.4. The Labute approximate surface area is 104 Å². The summed E-state index contributed by atoms with van der Waals surface area (Å²) in [4.78, 5) is 0. The van der Waals surface area contributed by atoms with Crippen LogP contribution in [0.25, 0.3) is 0 Å². The summed E-state index contributed by atoms with van der Waals surface area (Å²) in [7, 11) is 1.34. The summed E-state index contributed by atoms with van der Waals surface area (Å²) in [6.45, 7) is 1.76. The van der Waals surface area contributed by atoms with Crippen molar-refractivity contribution in [3.05, 3.63) is 29.1 Å². The van der Waals surface area contributed by atoms with Crippen LogP contribution in [-0.2, 0) is 6.42 Å². The first-order chi connectivity index (χ1) is 8.61. The van der Waals surface area contributed by atoms with Gasteiger partial charge in [-0.3, -0.25) is 0 Å². The highest BCUT2D eigenvalue weighted by molar-refractivity contribution is 5.43. The molecule has 1 atom stereocenters. The van der Waals surface area contributed by atoms with E-state index in [1.54, 1.807) is 0 Å². The fourth-order valence-electron chi connectivity index (χ4n) is 2.44. The van der Waals surface area contributed by atoms with E-state index in [4.69, 9.17) is 4.74 Å². The molecule has 1 aliphatic heterocycles. The Balaban J connectivity index is 2.31. The van der Waals surface area contributed by atoms with Crippen molar-refractivity contribution in [2.45, 2.75) is 19.3 Å². The molecule has 1 aliphatic rings. The van der Waals surface area contributed by atoms with E-state index in [1.807, 2.05) is 0 Å². The molecule has 1 fully saturated rings. The third kappa shape index (κ3) is 2.77. The number of nitrogens with one attached hydrogen (secondary N) is 1. The van der Waals surface area contributed by atoms with Gasteiger partial charge in [0.15, 0.2) is 0 Å². The molecule has 1 unspecified atom stereocenters. The topological polar surface area (TPSA) is 21.3 Å². The molecule has 5 heteroatoms. The third-order valence-electron chi connectivity index (χ3n) is 3.27. The Morgan fingerprint density at radius 1 is 1.44 bits per heavy atom. The smallest absolute Gasteiger partial charge is 0.267 e. The number of rotatable bonds is 4. The molecule has 1 N–H and O–H groups in total. The first kappa shape index (κ1) is 13.2. The highest BCUT2D eigenvalue weighted by Gasteiger charge is 2.22. The van der Waals surface area contributed by atoms with Crippen LogP contribution in [0.5, 0.6) is 5.75 Å². The van der Waals surface area contributed by atoms with Crippen molar-refractivity contribution >= 4 is 0 Å². The van der Waals surface area contributed by atoms with Gasteiger partial charge in [-0.25, -0.2) is 13.2 Å². The Morgan fingerprint density at radius 2 is 2.22 bits per heavy atom. The van der Waals surface area contributed by atoms with E-state index >= 15 is 0 Å². The zero-order valence-electron chi connectivity index (χ0n) is 10.2. The van der Waals surface area contributed by atoms with Gasteiger partial charge in [-0.05, 0) is 49.5 Å². The molecule has 1 saturated heterocycles. The normalized spacial score (nSPS) is 19.5. The van der Waals surface area contributed by atoms with Crippen molar-refractivity contribution in [3.63, 3.8) is 0 Å². The summed E-state index contributed by atoms with van der Waals surface area (Å²) in [5.41, 5.74) is 0.167. The summed E-state index contributed by atoms with van der Waals surface area (Å²) >= 11 is 0. The van der Waals surface area contributed by atoms with E-state index in [9.17, 15) is 13.2 Å². The van der Waals surface area contributed by atoms with Crippen LogP contribution in [-0.4, -0.2) is 20.2 Å². The van der Waals surface area contributed by atoms with Crippen LogP contribution in [0.1, 0.15) is 24.0 Å². The number of alkyl halides is 2. The van der Waals surface area contributed by atoms with Gasteiger partial charge in [-0.15, -0.1) is 0 Å². The van der Waals surface area contributed by atoms with Crippen LogP contribution in [0.15, 0.2) is 12.1 Å². The van der Waals surface area contributed by atoms with Crippen molar-refractivity contribution in [2.75, 3.05) is 20.2 Å². The van der Waals surface area contributed by atoms with Crippen LogP contribution in [0.4, 0.5) is 13.2 Å². The summed E-state index contributed by atoms with van der Waals surface area (Å²) in [6.07, 6.45) is -1.19. The van der Waals surface area contributed by atoms with E-state index in [0.717, 1.165) is 25.6 Å². The second kappa shape index (κ2) is 5.61. The van der Waals surface area contributed by atoms with Crippen molar-refractivity contribution < 1.29 is 17.9 Å². The second-order valence-electron chi connectivity index (χ2n) is 4.55. The first-order valence-corrected chi connectivity index (χ1v) is 5.97. The summed E-state index contributed by atoms with van der Waals surface area (Å²) in [5, 5.41) is 3.20. The molecule has 18 heavy (non-hydrogen) atoms. The molecule has 0 amide bonds. The molecule has 1 aromatic rings. The lowest BCUT2D eigenvalue weighted by Crippen LogP contribution is -2.12. The SMILES string of the molecule is COc1c(CC2CCNC2)cc(F)cc1C(F)F. The minimum atomic E-state index is -2.73. The standard InChI is InChI=1S/C13H16F3NO/c1-18-12-9(4-8-2-3-17-7-8)5-10(14)6-11(12)13(15)16/h5-6,8,13,17H,2-4,7H2,1H3. The van der Waals surface area contributed by atoms with E-state index in [0.29, 0.717) is 17.9 Å². The average Bonchev–Trinajstić information content (AvgIpc) is 2.81. The summed E-state index contributed by atoms with van der Waals surface area (Å²) in [6, 6.07) is 2.14. The number of hydrogen-bond acceptors (Lipinski definition) is 2. The Kier molecular flexibility index (Phi) is 4.11. The first-order valence-electron chi connectivity index (χ1n) is 5.97. The van der Waals surface area contributed by atoms with Gasteiger partial charge in [0.05, 0.1) is 12.7 Å². The molecule has 2 rings (SSSR count). The van der Waals surface area contributed by atoms with Gasteiger partial charge in [0.1, 0.15) is 11.6 Å². The van der Waals surface area contributed by atoms with E-state index in [1.165, 1.54) is 13.2 Å². The van der Waals surface area contributed by atoms with Crippen molar-refractivity contribution in [3.8, 4) is 5.75 Å². The zero-order valence-corrected chi connectivity index (χ0v) is 10.2. The Hall–Kier alpha value is -1.23. The van der Waals surface area contributed by atoms with Crippen LogP contribution in [0, 0.1) is 11.7 Å². The molecule has 100 valence electrons. The Bertz CT molecular complexity index is 417. The number of halogens is 3. The molecule has 2 nitrogen and oxygen atoms in total. The monoisotopic (exact) mass is 259 g/mol. The van der Waals surface area contributed by atoms with Crippen LogP contribution in [0.3, 0.4) is 0 Å². The molecule has 1 aromatic carbocycles. The molecule has 0 aliphatic carbocycles. The second-order valence-corrected chi connectivity index (χ2v) is 4.55. The van der Waals surface area contributed by atoms with E-state index in [-0.39, 0.29) is 11.3 Å². The van der Waals surface area contributed by atoms with E-state index < -0.39 is 12.2 Å². The minimum absolute atomic E-state index is 0.123. The van der Waals surface area contributed by atoms with Gasteiger partial charge in [-0.2, -0.15) is 0 Å². The highest BCUT2D eigenvalue weighted by atomic mass is 19.3. The van der Waals surface area contributed by atoms with Crippen LogP contribution >= 0.6 is 0 Å². The molecule has 0 aromatic heterocycles. The largest absolute Gasteiger partial charge is 0.496 e. The number of hydrogen-bond donors (Lipinski definition) is 1. The van der Waals surface area contributed by atoms with E-state index in [2.05, 4.69) is 5.32 Å². The lowest BCUT2D eigenvalue weighted by Gasteiger charge is -2.16. The van der Waals surface area contributed by atoms with Crippen molar-refractivity contribution in [1.29, 1.82) is 0 Å². The number of ether oxygens (including phenoxy) is 1. The van der Waals surface area contributed by atoms with Gasteiger partial charge in [0.2, 0.25) is 0 Å². The molecule has 1 heterocycles.